The molecule has 2 aromatic rings. The summed E-state index contributed by atoms with van der Waals surface area (Å²) >= 11 is 0. The Labute approximate surface area is 154 Å². The van der Waals surface area contributed by atoms with Gasteiger partial charge < -0.3 is 25.7 Å². The van der Waals surface area contributed by atoms with Crippen molar-refractivity contribution in [1.82, 2.24) is 9.47 Å². The Hall–Kier alpha value is -2.18. The first-order valence-corrected chi connectivity index (χ1v) is 9.35. The van der Waals surface area contributed by atoms with Gasteiger partial charge in [-0.1, -0.05) is 0 Å². The highest BCUT2D eigenvalue weighted by Crippen LogP contribution is 2.35. The fourth-order valence-corrected chi connectivity index (χ4v) is 3.64. The van der Waals surface area contributed by atoms with Crippen LogP contribution in [0.2, 0.25) is 0 Å². The first kappa shape index (κ1) is 18.6. The lowest BCUT2D eigenvalue weighted by Crippen LogP contribution is -2.18. The molecular formula is C20H29N5O. The van der Waals surface area contributed by atoms with Gasteiger partial charge in [0.15, 0.2) is 0 Å². The second-order valence-corrected chi connectivity index (χ2v) is 7.26. The summed E-state index contributed by atoms with van der Waals surface area (Å²) in [7, 11) is 4.14. The molecule has 0 bridgehead atoms. The van der Waals surface area contributed by atoms with Gasteiger partial charge in [0.05, 0.1) is 16.9 Å². The molecule has 4 N–H and O–H groups in total. The lowest BCUT2D eigenvalue weighted by molar-refractivity contribution is 0.388. The summed E-state index contributed by atoms with van der Waals surface area (Å²) in [5.74, 6) is 1.09. The molecule has 1 aliphatic carbocycles. The van der Waals surface area contributed by atoms with Gasteiger partial charge in [-0.15, -0.1) is 0 Å². The zero-order chi connectivity index (χ0) is 18.7. The van der Waals surface area contributed by atoms with Crippen LogP contribution in [-0.2, 0) is 13.1 Å². The smallest absolute Gasteiger partial charge is 0.138 e. The molecule has 0 aliphatic heterocycles. The number of hydrogen-bond acceptors (Lipinski definition) is 5. The van der Waals surface area contributed by atoms with Crippen molar-refractivity contribution in [2.75, 3.05) is 20.6 Å². The molecule has 0 radical (unpaired) electrons. The Kier molecular flexibility index (Phi) is 5.74. The van der Waals surface area contributed by atoms with Crippen molar-refractivity contribution in [3.63, 3.8) is 0 Å². The molecule has 26 heavy (non-hydrogen) atoms. The van der Waals surface area contributed by atoms with Gasteiger partial charge in [0.2, 0.25) is 0 Å². The predicted octanol–water partition coefficient (Wildman–Crippen LogP) is 3.42. The van der Waals surface area contributed by atoms with E-state index < -0.39 is 0 Å². The average Bonchev–Trinajstić information content (AvgIpc) is 2.88. The molecule has 0 saturated heterocycles. The molecule has 1 fully saturated rings. The number of nitrogens with zero attached hydrogens (tertiary/aromatic N) is 3. The number of rotatable bonds is 6. The topological polar surface area (TPSA) is 90.6 Å². The van der Waals surface area contributed by atoms with Gasteiger partial charge in [-0.2, -0.15) is 0 Å². The maximum absolute atomic E-state index is 9.94. The minimum Gasteiger partial charge on any atom is -0.508 e. The summed E-state index contributed by atoms with van der Waals surface area (Å²) < 4.78 is 2.20. The number of aromatic hydroxyl groups is 1. The molecule has 6 heteroatoms. The Morgan fingerprint density at radius 3 is 2.73 bits per heavy atom. The van der Waals surface area contributed by atoms with E-state index in [0.29, 0.717) is 12.3 Å². The first-order chi connectivity index (χ1) is 12.5. The number of phenols is 1. The summed E-state index contributed by atoms with van der Waals surface area (Å²) in [6.07, 6.45) is 4.81. The summed E-state index contributed by atoms with van der Waals surface area (Å²) in [5, 5.41) is 19.1. The van der Waals surface area contributed by atoms with Crippen LogP contribution in [0.1, 0.15) is 37.7 Å². The Bertz CT molecular complexity index is 834. The third kappa shape index (κ3) is 3.81. The number of aliphatic imine (C=N–C) groups is 1. The first-order valence-electron chi connectivity index (χ1n) is 9.35. The second-order valence-electron chi connectivity index (χ2n) is 7.26. The zero-order valence-electron chi connectivity index (χ0n) is 15.8. The third-order valence-corrected chi connectivity index (χ3v) is 4.99. The third-order valence-electron chi connectivity index (χ3n) is 4.99. The van der Waals surface area contributed by atoms with E-state index >= 15 is 0 Å². The molecule has 3 rings (SSSR count). The maximum Gasteiger partial charge on any atom is 0.138 e. The second kappa shape index (κ2) is 8.01. The molecule has 1 saturated carbocycles. The largest absolute Gasteiger partial charge is 0.508 e. The van der Waals surface area contributed by atoms with Crippen LogP contribution in [0.25, 0.3) is 10.9 Å². The van der Waals surface area contributed by atoms with Crippen LogP contribution >= 0.6 is 0 Å². The quantitative estimate of drug-likeness (QED) is 0.741. The molecule has 0 unspecified atom stereocenters. The minimum absolute atomic E-state index is 0.238. The van der Waals surface area contributed by atoms with E-state index in [1.165, 1.54) is 0 Å². The van der Waals surface area contributed by atoms with E-state index in [-0.39, 0.29) is 5.75 Å². The number of fused-ring (bicyclic) bond motifs is 1. The number of aromatic nitrogens is 1. The van der Waals surface area contributed by atoms with E-state index in [9.17, 15) is 5.11 Å². The van der Waals surface area contributed by atoms with Crippen molar-refractivity contribution >= 4 is 28.1 Å². The molecule has 1 aromatic carbocycles. The van der Waals surface area contributed by atoms with Crippen LogP contribution in [0.4, 0.5) is 5.82 Å². The van der Waals surface area contributed by atoms with Crippen LogP contribution in [0.3, 0.4) is 0 Å². The van der Waals surface area contributed by atoms with Crippen LogP contribution in [0.5, 0.6) is 5.75 Å². The lowest BCUT2D eigenvalue weighted by Gasteiger charge is -2.16. The number of hydrogen-bond donors (Lipinski definition) is 3. The zero-order valence-corrected chi connectivity index (χ0v) is 15.8. The Balaban J connectivity index is 2.11. The van der Waals surface area contributed by atoms with Crippen LogP contribution in [0.15, 0.2) is 23.2 Å². The van der Waals surface area contributed by atoms with Crippen molar-refractivity contribution in [3.8, 4) is 5.75 Å². The van der Waals surface area contributed by atoms with Gasteiger partial charge in [-0.25, -0.2) is 4.99 Å². The molecular weight excluding hydrogens is 326 g/mol. The summed E-state index contributed by atoms with van der Waals surface area (Å²) in [6, 6.07) is 5.43. The summed E-state index contributed by atoms with van der Waals surface area (Å²) in [4.78, 5) is 7.08. The van der Waals surface area contributed by atoms with E-state index in [1.807, 2.05) is 6.07 Å². The van der Waals surface area contributed by atoms with Gasteiger partial charge in [-0.05, 0) is 70.9 Å². The van der Waals surface area contributed by atoms with Crippen molar-refractivity contribution < 1.29 is 5.11 Å². The SMILES string of the molecule is CN(C)CCCn1c(/N=C2/CCCCC2=N)c(CN)c2cc(O)ccc21. The van der Waals surface area contributed by atoms with Gasteiger partial charge in [0.1, 0.15) is 11.6 Å². The predicted molar refractivity (Wildman–Crippen MR) is 108 cm³/mol. The summed E-state index contributed by atoms with van der Waals surface area (Å²) in [5.41, 5.74) is 9.59. The van der Waals surface area contributed by atoms with Crippen molar-refractivity contribution in [1.29, 1.82) is 5.41 Å². The summed E-state index contributed by atoms with van der Waals surface area (Å²) in [6.45, 7) is 2.18. The molecule has 0 spiro atoms. The Morgan fingerprint density at radius 1 is 1.27 bits per heavy atom. The molecule has 0 atom stereocenters. The molecule has 6 nitrogen and oxygen atoms in total. The molecule has 140 valence electrons. The van der Waals surface area contributed by atoms with E-state index in [4.69, 9.17) is 16.1 Å². The van der Waals surface area contributed by atoms with E-state index in [0.717, 1.165) is 73.2 Å². The van der Waals surface area contributed by atoms with Crippen molar-refractivity contribution in [3.05, 3.63) is 23.8 Å². The Morgan fingerprint density at radius 2 is 2.04 bits per heavy atom. The molecule has 1 heterocycles. The number of phenolic OH excluding ortho intramolecular Hbond substituents is 1. The van der Waals surface area contributed by atoms with E-state index in [2.05, 4.69) is 23.6 Å². The monoisotopic (exact) mass is 355 g/mol. The standard InChI is InChI=1S/C20H29N5O/c1-24(2)10-5-11-25-19-9-8-14(26)12-15(19)16(13-21)20(25)23-18-7-4-3-6-17(18)22/h8-9,12,22,26H,3-7,10-11,13,21H2,1-2H3/b22-17?,23-18-. The number of aryl methyl sites for hydroxylation is 1. The highest BCUT2D eigenvalue weighted by molar-refractivity contribution is 6.42. The normalized spacial score (nSPS) is 16.9. The highest BCUT2D eigenvalue weighted by atomic mass is 16.3. The van der Waals surface area contributed by atoms with Gasteiger partial charge in [0.25, 0.3) is 0 Å². The van der Waals surface area contributed by atoms with Gasteiger partial charge in [-0.3, -0.25) is 0 Å². The van der Waals surface area contributed by atoms with Crippen molar-refractivity contribution in [2.24, 2.45) is 10.7 Å². The maximum atomic E-state index is 9.94. The van der Waals surface area contributed by atoms with Crippen molar-refractivity contribution in [2.45, 2.75) is 45.2 Å². The number of nitrogens with two attached hydrogens (primary N) is 1. The lowest BCUT2D eigenvalue weighted by atomic mass is 9.96. The number of benzene rings is 1. The molecule has 1 aromatic heterocycles. The highest BCUT2D eigenvalue weighted by Gasteiger charge is 2.19. The average molecular weight is 355 g/mol. The van der Waals surface area contributed by atoms with Crippen LogP contribution in [-0.4, -0.2) is 46.6 Å². The number of nitrogens with one attached hydrogen (secondary N) is 1. The van der Waals surface area contributed by atoms with Gasteiger partial charge in [0, 0.05) is 24.0 Å². The van der Waals surface area contributed by atoms with E-state index in [1.54, 1.807) is 12.1 Å². The molecule has 1 aliphatic rings. The fourth-order valence-electron chi connectivity index (χ4n) is 3.64. The minimum atomic E-state index is 0.238. The van der Waals surface area contributed by atoms with Crippen LogP contribution in [0, 0.1) is 5.41 Å². The fraction of sp³-hybridized carbons (Fsp3) is 0.500. The molecule has 0 amide bonds. The van der Waals surface area contributed by atoms with Gasteiger partial charge >= 0.3 is 0 Å². The van der Waals surface area contributed by atoms with Crippen LogP contribution < -0.4 is 5.73 Å².